The van der Waals surface area contributed by atoms with Gasteiger partial charge >= 0.3 is 0 Å². The lowest BCUT2D eigenvalue weighted by molar-refractivity contribution is -0.134. The number of rotatable bonds is 5. The number of halogens is 1. The molecule has 0 aliphatic carbocycles. The van der Waals surface area contributed by atoms with E-state index in [-0.39, 0.29) is 60.3 Å². The van der Waals surface area contributed by atoms with Crippen LogP contribution in [0.1, 0.15) is 12.5 Å². The smallest absolute Gasteiger partial charge is 0.265 e. The Morgan fingerprint density at radius 1 is 1.21 bits per heavy atom. The molecule has 2 aliphatic rings. The first-order valence-electron chi connectivity index (χ1n) is 10.4. The van der Waals surface area contributed by atoms with Crippen LogP contribution in [0.5, 0.6) is 11.5 Å². The molecule has 1 atom stereocenters. The fourth-order valence-corrected chi connectivity index (χ4v) is 5.60. The highest BCUT2D eigenvalue weighted by Gasteiger charge is 2.34. The zero-order chi connectivity index (χ0) is 23.8. The molecule has 0 radical (unpaired) electrons. The first-order valence-corrected chi connectivity index (χ1v) is 12.3. The highest BCUT2D eigenvalue weighted by molar-refractivity contribution is 7.89. The van der Waals surface area contributed by atoms with Gasteiger partial charge in [-0.25, -0.2) is 8.42 Å². The van der Waals surface area contributed by atoms with Gasteiger partial charge in [-0.1, -0.05) is 23.7 Å². The topological polar surface area (TPSA) is 105 Å². The summed E-state index contributed by atoms with van der Waals surface area (Å²) in [5.41, 5.74) is 1.35. The summed E-state index contributed by atoms with van der Waals surface area (Å²) >= 11 is 6.24. The van der Waals surface area contributed by atoms with Crippen LogP contribution < -0.4 is 14.8 Å². The Bertz CT molecular complexity index is 1190. The highest BCUT2D eigenvalue weighted by atomic mass is 35.5. The Kier molecular flexibility index (Phi) is 6.51. The molecule has 2 heterocycles. The Morgan fingerprint density at radius 3 is 2.64 bits per heavy atom. The largest absolute Gasteiger partial charge is 0.484 e. The van der Waals surface area contributed by atoms with Crippen LogP contribution in [0.4, 0.5) is 5.69 Å². The van der Waals surface area contributed by atoms with Gasteiger partial charge < -0.3 is 19.7 Å². The average molecular weight is 494 g/mol. The van der Waals surface area contributed by atoms with E-state index in [0.717, 1.165) is 5.56 Å². The molecule has 0 aromatic heterocycles. The Balaban J connectivity index is 1.40. The molecule has 2 aromatic carbocycles. The molecule has 2 aliphatic heterocycles. The van der Waals surface area contributed by atoms with E-state index in [1.54, 1.807) is 17.9 Å². The summed E-state index contributed by atoms with van der Waals surface area (Å²) in [6.07, 6.45) is -0.745. The van der Waals surface area contributed by atoms with Crippen LogP contribution in [0, 0.1) is 6.92 Å². The maximum Gasteiger partial charge on any atom is 0.265 e. The van der Waals surface area contributed by atoms with E-state index in [9.17, 15) is 18.0 Å². The summed E-state index contributed by atoms with van der Waals surface area (Å²) in [5, 5.41) is 2.62. The van der Waals surface area contributed by atoms with E-state index in [1.165, 1.54) is 16.4 Å². The lowest BCUT2D eigenvalue weighted by Crippen LogP contribution is -2.51. The summed E-state index contributed by atoms with van der Waals surface area (Å²) in [6, 6.07) is 10.1. The third kappa shape index (κ3) is 4.92. The lowest BCUT2D eigenvalue weighted by Gasteiger charge is -2.34. The molecule has 2 aromatic rings. The fraction of sp³-hybridized carbons (Fsp3) is 0.364. The van der Waals surface area contributed by atoms with E-state index in [2.05, 4.69) is 5.32 Å². The van der Waals surface area contributed by atoms with E-state index < -0.39 is 16.1 Å². The Morgan fingerprint density at radius 2 is 1.94 bits per heavy atom. The molecule has 9 nitrogen and oxygen atoms in total. The fourth-order valence-electron chi connectivity index (χ4n) is 3.66. The number of carbonyl (C=O) groups is 2. The Labute approximate surface area is 197 Å². The van der Waals surface area contributed by atoms with Crippen molar-refractivity contribution in [2.75, 3.05) is 38.1 Å². The number of carbonyl (C=O) groups excluding carboxylic acids is 2. The summed E-state index contributed by atoms with van der Waals surface area (Å²) in [6.45, 7) is 4.11. The van der Waals surface area contributed by atoms with Crippen molar-refractivity contribution in [3.63, 3.8) is 0 Å². The third-order valence-corrected chi connectivity index (χ3v) is 7.89. The van der Waals surface area contributed by atoms with E-state index in [1.807, 2.05) is 25.1 Å². The number of fused-ring (bicyclic) bond motifs is 1. The van der Waals surface area contributed by atoms with Crippen molar-refractivity contribution in [2.45, 2.75) is 24.8 Å². The van der Waals surface area contributed by atoms with Crippen LogP contribution >= 0.6 is 11.6 Å². The molecule has 2 amide bonds. The monoisotopic (exact) mass is 493 g/mol. The van der Waals surface area contributed by atoms with Crippen LogP contribution in [0.2, 0.25) is 5.02 Å². The zero-order valence-electron chi connectivity index (χ0n) is 18.2. The standard InChI is InChI=1S/C22H24ClN3O6S/c1-14-4-3-5-16(10-14)31-13-21(27)25-6-8-26(9-7-25)33(29,30)20-12-19-18(11-17(20)23)24-22(28)15(2)32-19/h3-5,10-12,15H,6-9,13H2,1-2H3,(H,24,28)/t15-/m1/s1. The highest BCUT2D eigenvalue weighted by Crippen LogP contribution is 2.38. The third-order valence-electron chi connectivity index (χ3n) is 5.53. The maximum atomic E-state index is 13.2. The minimum atomic E-state index is -3.93. The molecule has 1 fully saturated rings. The van der Waals surface area contributed by atoms with Crippen LogP contribution in [-0.2, 0) is 19.6 Å². The SMILES string of the molecule is Cc1cccc(OCC(=O)N2CCN(S(=O)(=O)c3cc4c(cc3Cl)NC(=O)[C@@H](C)O4)CC2)c1. The number of amides is 2. The predicted octanol–water partition coefficient (Wildman–Crippen LogP) is 2.28. The molecule has 0 bridgehead atoms. The van der Waals surface area contributed by atoms with E-state index in [4.69, 9.17) is 21.1 Å². The van der Waals surface area contributed by atoms with Crippen molar-refractivity contribution in [3.8, 4) is 11.5 Å². The number of hydrogen-bond acceptors (Lipinski definition) is 6. The summed E-state index contributed by atoms with van der Waals surface area (Å²) in [5.74, 6) is 0.311. The van der Waals surface area contributed by atoms with Gasteiger partial charge in [-0.3, -0.25) is 9.59 Å². The number of benzene rings is 2. The molecule has 176 valence electrons. The van der Waals surface area contributed by atoms with Crippen molar-refractivity contribution >= 4 is 39.1 Å². The zero-order valence-corrected chi connectivity index (χ0v) is 19.8. The Hall–Kier alpha value is -2.82. The van der Waals surface area contributed by atoms with Gasteiger partial charge in [0.05, 0.1) is 10.7 Å². The number of anilines is 1. The molecule has 0 saturated carbocycles. The first-order chi connectivity index (χ1) is 15.6. The van der Waals surface area contributed by atoms with Crippen molar-refractivity contribution in [1.82, 2.24) is 9.21 Å². The number of ether oxygens (including phenoxy) is 2. The van der Waals surface area contributed by atoms with E-state index >= 15 is 0 Å². The number of aryl methyl sites for hydroxylation is 1. The first kappa shape index (κ1) is 23.3. The molecule has 4 rings (SSSR count). The molecule has 33 heavy (non-hydrogen) atoms. The maximum absolute atomic E-state index is 13.2. The second kappa shape index (κ2) is 9.20. The van der Waals surface area contributed by atoms with Crippen molar-refractivity contribution in [2.24, 2.45) is 0 Å². The molecule has 1 N–H and O–H groups in total. The number of hydrogen-bond donors (Lipinski definition) is 1. The number of nitrogens with zero attached hydrogens (tertiary/aromatic N) is 2. The van der Waals surface area contributed by atoms with Gasteiger partial charge in [-0.05, 0) is 37.6 Å². The van der Waals surface area contributed by atoms with Crippen molar-refractivity contribution in [3.05, 3.63) is 47.0 Å². The molecule has 0 spiro atoms. The second-order valence-electron chi connectivity index (χ2n) is 7.92. The second-order valence-corrected chi connectivity index (χ2v) is 10.2. The van der Waals surface area contributed by atoms with Crippen LogP contribution in [0.25, 0.3) is 0 Å². The van der Waals surface area contributed by atoms with Crippen molar-refractivity contribution in [1.29, 1.82) is 0 Å². The van der Waals surface area contributed by atoms with Gasteiger partial charge in [0.25, 0.3) is 11.8 Å². The quantitative estimate of drug-likeness (QED) is 0.685. The van der Waals surface area contributed by atoms with Gasteiger partial charge in [0.1, 0.15) is 16.4 Å². The normalized spacial score (nSPS) is 18.8. The molecular formula is C22H24ClN3O6S. The molecule has 11 heteroatoms. The summed E-state index contributed by atoms with van der Waals surface area (Å²) < 4.78 is 38.8. The molecule has 0 unspecified atom stereocenters. The molecular weight excluding hydrogens is 470 g/mol. The van der Waals surface area contributed by atoms with Gasteiger partial charge in [-0.2, -0.15) is 4.31 Å². The van der Waals surface area contributed by atoms with Crippen molar-refractivity contribution < 1.29 is 27.5 Å². The predicted molar refractivity (Wildman–Crippen MR) is 122 cm³/mol. The van der Waals surface area contributed by atoms with Gasteiger partial charge in [-0.15, -0.1) is 0 Å². The minimum absolute atomic E-state index is 0.0164. The molecule has 1 saturated heterocycles. The summed E-state index contributed by atoms with van der Waals surface area (Å²) in [7, 11) is -3.93. The number of piperazine rings is 1. The number of sulfonamides is 1. The van der Waals surface area contributed by atoms with Gasteiger partial charge in [0.15, 0.2) is 12.7 Å². The summed E-state index contributed by atoms with van der Waals surface area (Å²) in [4.78, 5) is 25.8. The van der Waals surface area contributed by atoms with E-state index in [0.29, 0.717) is 11.4 Å². The van der Waals surface area contributed by atoms with Gasteiger partial charge in [0.2, 0.25) is 10.0 Å². The van der Waals surface area contributed by atoms with Gasteiger partial charge in [0, 0.05) is 32.2 Å². The van der Waals surface area contributed by atoms with Crippen LogP contribution in [0.15, 0.2) is 41.3 Å². The average Bonchev–Trinajstić information content (AvgIpc) is 2.78. The minimum Gasteiger partial charge on any atom is -0.484 e. The van der Waals surface area contributed by atoms with Crippen LogP contribution in [0.3, 0.4) is 0 Å². The lowest BCUT2D eigenvalue weighted by atomic mass is 10.2. The number of nitrogens with one attached hydrogen (secondary N) is 1. The van der Waals surface area contributed by atoms with Crippen LogP contribution in [-0.4, -0.2) is 68.3 Å².